The monoisotopic (exact) mass is 330 g/mol. The van der Waals surface area contributed by atoms with Crippen LogP contribution in [0.3, 0.4) is 0 Å². The minimum absolute atomic E-state index is 0.234. The van der Waals surface area contributed by atoms with Crippen LogP contribution in [0.2, 0.25) is 10.0 Å². The molecule has 2 atom stereocenters. The maximum Gasteiger partial charge on any atom is 0.142 e. The molecule has 118 valence electrons. The van der Waals surface area contributed by atoms with Gasteiger partial charge < -0.3 is 15.0 Å². The minimum atomic E-state index is 0.234. The summed E-state index contributed by atoms with van der Waals surface area (Å²) >= 11 is 12.4. The van der Waals surface area contributed by atoms with Gasteiger partial charge in [-0.05, 0) is 32.1 Å². The van der Waals surface area contributed by atoms with Crippen LogP contribution in [0.4, 0.5) is 0 Å². The molecule has 1 heterocycles. The number of halogens is 2. The quantitative estimate of drug-likeness (QED) is 0.883. The number of hydrogen-bond acceptors (Lipinski definition) is 3. The highest BCUT2D eigenvalue weighted by Crippen LogP contribution is 2.40. The molecule has 0 aliphatic carbocycles. The topological polar surface area (TPSA) is 24.5 Å². The van der Waals surface area contributed by atoms with E-state index in [-0.39, 0.29) is 6.04 Å². The van der Waals surface area contributed by atoms with Crippen LogP contribution in [0.1, 0.15) is 31.9 Å². The van der Waals surface area contributed by atoms with Crippen molar-refractivity contribution in [2.24, 2.45) is 5.92 Å². The smallest absolute Gasteiger partial charge is 0.142 e. The molecular formula is C16H24Cl2N2O. The Morgan fingerprint density at radius 3 is 2.67 bits per heavy atom. The van der Waals surface area contributed by atoms with Crippen LogP contribution in [0.25, 0.3) is 0 Å². The Morgan fingerprint density at radius 2 is 2.05 bits per heavy atom. The molecule has 1 N–H and O–H groups in total. The fourth-order valence-corrected chi connectivity index (χ4v) is 3.27. The fraction of sp³-hybridized carbons (Fsp3) is 0.625. The van der Waals surface area contributed by atoms with Gasteiger partial charge in [0.25, 0.3) is 0 Å². The number of ether oxygens (including phenoxy) is 1. The standard InChI is InChI=1S/C16H24Cl2N2O/c1-10(2)15(9-20(3)4)19-14-5-6-21-16-12(14)7-11(17)8-13(16)18/h7-8,10,14-15,19H,5-6,9H2,1-4H3. The number of likely N-dealkylation sites (N-methyl/N-ethyl adjacent to an activating group) is 1. The first kappa shape index (κ1) is 16.9. The van der Waals surface area contributed by atoms with Crippen LogP contribution < -0.4 is 10.1 Å². The molecule has 1 aromatic carbocycles. The predicted molar refractivity (Wildman–Crippen MR) is 89.6 cm³/mol. The second-order valence-electron chi connectivity index (χ2n) is 6.28. The average Bonchev–Trinajstić information content (AvgIpc) is 2.38. The van der Waals surface area contributed by atoms with E-state index >= 15 is 0 Å². The highest BCUT2D eigenvalue weighted by atomic mass is 35.5. The Morgan fingerprint density at radius 1 is 1.33 bits per heavy atom. The third kappa shape index (κ3) is 4.26. The van der Waals surface area contributed by atoms with E-state index in [1.54, 1.807) is 6.07 Å². The molecule has 0 saturated heterocycles. The summed E-state index contributed by atoms with van der Waals surface area (Å²) in [6, 6.07) is 4.35. The van der Waals surface area contributed by atoms with Gasteiger partial charge in [0.05, 0.1) is 11.6 Å². The van der Waals surface area contributed by atoms with Gasteiger partial charge in [0.1, 0.15) is 5.75 Å². The van der Waals surface area contributed by atoms with Crippen LogP contribution in [-0.2, 0) is 0 Å². The van der Waals surface area contributed by atoms with E-state index in [4.69, 9.17) is 27.9 Å². The zero-order valence-electron chi connectivity index (χ0n) is 13.1. The Hall–Kier alpha value is -0.480. The largest absolute Gasteiger partial charge is 0.492 e. The number of hydrogen-bond donors (Lipinski definition) is 1. The second-order valence-corrected chi connectivity index (χ2v) is 7.12. The Labute approximate surface area is 137 Å². The first-order valence-corrected chi connectivity index (χ1v) is 8.16. The van der Waals surface area contributed by atoms with Gasteiger partial charge in [0.15, 0.2) is 0 Å². The lowest BCUT2D eigenvalue weighted by Crippen LogP contribution is -2.44. The maximum atomic E-state index is 6.25. The van der Waals surface area contributed by atoms with Crippen molar-refractivity contribution in [1.29, 1.82) is 0 Å². The fourth-order valence-electron chi connectivity index (χ4n) is 2.71. The third-order valence-electron chi connectivity index (χ3n) is 3.85. The van der Waals surface area contributed by atoms with Gasteiger partial charge in [-0.2, -0.15) is 0 Å². The van der Waals surface area contributed by atoms with Crippen LogP contribution >= 0.6 is 23.2 Å². The van der Waals surface area contributed by atoms with E-state index in [1.165, 1.54) is 0 Å². The molecule has 3 nitrogen and oxygen atoms in total. The van der Waals surface area contributed by atoms with Crippen LogP contribution in [0.15, 0.2) is 12.1 Å². The summed E-state index contributed by atoms with van der Waals surface area (Å²) in [5, 5.41) is 5.01. The van der Waals surface area contributed by atoms with Crippen molar-refractivity contribution in [3.8, 4) is 5.75 Å². The summed E-state index contributed by atoms with van der Waals surface area (Å²) in [4.78, 5) is 2.21. The summed E-state index contributed by atoms with van der Waals surface area (Å²) in [5.74, 6) is 1.32. The molecule has 1 aliphatic heterocycles. The molecular weight excluding hydrogens is 307 g/mol. The van der Waals surface area contributed by atoms with Crippen molar-refractivity contribution >= 4 is 23.2 Å². The molecule has 2 unspecified atom stereocenters. The van der Waals surface area contributed by atoms with Crippen molar-refractivity contribution in [3.05, 3.63) is 27.7 Å². The number of benzene rings is 1. The zero-order chi connectivity index (χ0) is 15.6. The normalized spacial score (nSPS) is 19.5. The van der Waals surface area contributed by atoms with Crippen LogP contribution in [-0.4, -0.2) is 38.2 Å². The summed E-state index contributed by atoms with van der Waals surface area (Å²) in [5.41, 5.74) is 1.07. The summed E-state index contributed by atoms with van der Waals surface area (Å²) in [6.07, 6.45) is 0.931. The molecule has 1 aromatic rings. The van der Waals surface area contributed by atoms with Gasteiger partial charge in [-0.25, -0.2) is 0 Å². The number of nitrogens with zero attached hydrogens (tertiary/aromatic N) is 1. The molecule has 0 saturated carbocycles. The number of fused-ring (bicyclic) bond motifs is 1. The Kier molecular flexibility index (Phi) is 5.78. The highest BCUT2D eigenvalue weighted by Gasteiger charge is 2.27. The first-order chi connectivity index (χ1) is 9.88. The highest BCUT2D eigenvalue weighted by molar-refractivity contribution is 6.35. The molecule has 21 heavy (non-hydrogen) atoms. The van der Waals surface area contributed by atoms with Gasteiger partial charge in [0.2, 0.25) is 0 Å². The van der Waals surface area contributed by atoms with E-state index in [0.29, 0.717) is 28.6 Å². The summed E-state index contributed by atoms with van der Waals surface area (Å²) in [6.45, 7) is 6.16. The van der Waals surface area contributed by atoms with Crippen molar-refractivity contribution in [3.63, 3.8) is 0 Å². The van der Waals surface area contributed by atoms with Crippen molar-refractivity contribution in [2.75, 3.05) is 27.2 Å². The molecule has 1 aliphatic rings. The number of nitrogens with one attached hydrogen (secondary N) is 1. The lowest BCUT2D eigenvalue weighted by molar-refractivity contribution is 0.216. The maximum absolute atomic E-state index is 6.25. The molecule has 2 rings (SSSR count). The summed E-state index contributed by atoms with van der Waals surface area (Å²) < 4.78 is 5.72. The zero-order valence-corrected chi connectivity index (χ0v) is 14.6. The first-order valence-electron chi connectivity index (χ1n) is 7.41. The van der Waals surface area contributed by atoms with Crippen molar-refractivity contribution in [2.45, 2.75) is 32.4 Å². The van der Waals surface area contributed by atoms with Gasteiger partial charge in [-0.1, -0.05) is 37.0 Å². The lowest BCUT2D eigenvalue weighted by Gasteiger charge is -2.34. The Balaban J connectivity index is 2.22. The van der Waals surface area contributed by atoms with Crippen molar-refractivity contribution in [1.82, 2.24) is 10.2 Å². The molecule has 0 fully saturated rings. The van der Waals surface area contributed by atoms with Crippen LogP contribution in [0, 0.1) is 5.92 Å². The minimum Gasteiger partial charge on any atom is -0.492 e. The van der Waals surface area contributed by atoms with Crippen LogP contribution in [0.5, 0.6) is 5.75 Å². The SMILES string of the molecule is CC(C)C(CN(C)C)NC1CCOc2c(Cl)cc(Cl)cc21. The van der Waals surface area contributed by atoms with E-state index in [0.717, 1.165) is 24.3 Å². The molecule has 0 radical (unpaired) electrons. The predicted octanol–water partition coefficient (Wildman–Crippen LogP) is 3.99. The van der Waals surface area contributed by atoms with Gasteiger partial charge in [0, 0.05) is 35.6 Å². The average molecular weight is 331 g/mol. The van der Waals surface area contributed by atoms with E-state index < -0.39 is 0 Å². The molecule has 5 heteroatoms. The van der Waals surface area contributed by atoms with E-state index in [2.05, 4.69) is 38.2 Å². The molecule has 0 aromatic heterocycles. The Bertz CT molecular complexity index is 491. The van der Waals surface area contributed by atoms with Crippen molar-refractivity contribution < 1.29 is 4.74 Å². The summed E-state index contributed by atoms with van der Waals surface area (Å²) in [7, 11) is 4.20. The lowest BCUT2D eigenvalue weighted by atomic mass is 9.96. The van der Waals surface area contributed by atoms with E-state index in [9.17, 15) is 0 Å². The van der Waals surface area contributed by atoms with E-state index in [1.807, 2.05) is 6.07 Å². The molecule has 0 amide bonds. The molecule has 0 bridgehead atoms. The van der Waals surface area contributed by atoms with Gasteiger partial charge >= 0.3 is 0 Å². The van der Waals surface area contributed by atoms with Gasteiger partial charge in [-0.3, -0.25) is 0 Å². The number of rotatable bonds is 5. The molecule has 0 spiro atoms. The van der Waals surface area contributed by atoms with Gasteiger partial charge in [-0.15, -0.1) is 0 Å². The third-order valence-corrected chi connectivity index (χ3v) is 4.35. The second kappa shape index (κ2) is 7.19.